The fourth-order valence-corrected chi connectivity index (χ4v) is 5.16. The summed E-state index contributed by atoms with van der Waals surface area (Å²) in [6.07, 6.45) is 3.60. The quantitative estimate of drug-likeness (QED) is 0.858. The molecule has 1 saturated heterocycles. The SMILES string of the molecule is C[C@@H]1c2ccccc2CCN1S(=O)(=O)CC[C@@H]1CCCO1. The van der Waals surface area contributed by atoms with Gasteiger partial charge in [0.25, 0.3) is 0 Å². The summed E-state index contributed by atoms with van der Waals surface area (Å²) in [5, 5.41) is 0. The summed E-state index contributed by atoms with van der Waals surface area (Å²) in [6, 6.07) is 8.08. The molecule has 3 rings (SSSR count). The number of fused-ring (bicyclic) bond motifs is 1. The molecule has 0 unspecified atom stereocenters. The van der Waals surface area contributed by atoms with E-state index in [4.69, 9.17) is 4.74 Å². The molecule has 2 atom stereocenters. The Kier molecular flexibility index (Phi) is 4.33. The standard InChI is InChI=1S/C16H23NO3S/c1-13-16-7-3-2-5-14(16)8-10-17(13)21(18,19)12-9-15-6-4-11-20-15/h2-3,5,7,13,15H,4,6,8-12H2,1H3/t13-,15+/m1/s1. The Morgan fingerprint density at radius 3 is 2.90 bits per heavy atom. The fourth-order valence-electron chi connectivity index (χ4n) is 3.40. The molecular weight excluding hydrogens is 286 g/mol. The van der Waals surface area contributed by atoms with Crippen molar-refractivity contribution >= 4 is 10.0 Å². The van der Waals surface area contributed by atoms with E-state index in [2.05, 4.69) is 6.07 Å². The fraction of sp³-hybridized carbons (Fsp3) is 0.625. The van der Waals surface area contributed by atoms with Crippen molar-refractivity contribution in [2.24, 2.45) is 0 Å². The third kappa shape index (κ3) is 3.15. The molecule has 21 heavy (non-hydrogen) atoms. The second-order valence-corrected chi connectivity index (χ2v) is 8.02. The zero-order valence-electron chi connectivity index (χ0n) is 12.5. The Morgan fingerprint density at radius 2 is 2.14 bits per heavy atom. The van der Waals surface area contributed by atoms with Crippen molar-refractivity contribution in [3.05, 3.63) is 35.4 Å². The predicted octanol–water partition coefficient (Wildman–Crippen LogP) is 2.50. The molecule has 0 aromatic heterocycles. The number of hydrogen-bond acceptors (Lipinski definition) is 3. The summed E-state index contributed by atoms with van der Waals surface area (Å²) in [7, 11) is -3.21. The lowest BCUT2D eigenvalue weighted by molar-refractivity contribution is 0.108. The molecular formula is C16H23NO3S. The maximum absolute atomic E-state index is 12.6. The van der Waals surface area contributed by atoms with Crippen LogP contribution in [-0.2, 0) is 21.2 Å². The van der Waals surface area contributed by atoms with Gasteiger partial charge in [-0.25, -0.2) is 8.42 Å². The van der Waals surface area contributed by atoms with Crippen LogP contribution in [0, 0.1) is 0 Å². The van der Waals surface area contributed by atoms with E-state index in [1.807, 2.05) is 25.1 Å². The summed E-state index contributed by atoms with van der Waals surface area (Å²) < 4.78 is 32.5. The molecule has 0 aliphatic carbocycles. The van der Waals surface area contributed by atoms with Crippen LogP contribution in [0.1, 0.15) is 43.4 Å². The zero-order valence-corrected chi connectivity index (χ0v) is 13.3. The monoisotopic (exact) mass is 309 g/mol. The van der Waals surface area contributed by atoms with Gasteiger partial charge in [0.2, 0.25) is 10.0 Å². The maximum Gasteiger partial charge on any atom is 0.214 e. The van der Waals surface area contributed by atoms with E-state index >= 15 is 0 Å². The van der Waals surface area contributed by atoms with Crippen LogP contribution in [0.4, 0.5) is 0 Å². The van der Waals surface area contributed by atoms with Gasteiger partial charge in [-0.1, -0.05) is 24.3 Å². The summed E-state index contributed by atoms with van der Waals surface area (Å²) in [5.74, 6) is 0.199. The molecule has 0 spiro atoms. The van der Waals surface area contributed by atoms with Crippen molar-refractivity contribution in [3.8, 4) is 0 Å². The van der Waals surface area contributed by atoms with Gasteiger partial charge in [0, 0.05) is 19.2 Å². The van der Waals surface area contributed by atoms with Gasteiger partial charge in [-0.2, -0.15) is 4.31 Å². The van der Waals surface area contributed by atoms with Gasteiger partial charge in [-0.3, -0.25) is 0 Å². The molecule has 0 amide bonds. The summed E-state index contributed by atoms with van der Waals surface area (Å²) in [5.41, 5.74) is 2.42. The van der Waals surface area contributed by atoms with Crippen LogP contribution in [0.2, 0.25) is 0 Å². The van der Waals surface area contributed by atoms with Gasteiger partial charge >= 0.3 is 0 Å². The van der Waals surface area contributed by atoms with E-state index in [-0.39, 0.29) is 17.9 Å². The molecule has 0 radical (unpaired) electrons. The second-order valence-electron chi connectivity index (χ2n) is 5.98. The van der Waals surface area contributed by atoms with Crippen LogP contribution in [0.15, 0.2) is 24.3 Å². The van der Waals surface area contributed by atoms with Gasteiger partial charge in [0.05, 0.1) is 11.9 Å². The van der Waals surface area contributed by atoms with E-state index in [0.29, 0.717) is 13.0 Å². The molecule has 5 heteroatoms. The molecule has 2 aliphatic heterocycles. The lowest BCUT2D eigenvalue weighted by atomic mass is 9.96. The average molecular weight is 309 g/mol. The highest BCUT2D eigenvalue weighted by Crippen LogP contribution is 2.31. The molecule has 1 aromatic carbocycles. The number of hydrogen-bond donors (Lipinski definition) is 0. The molecule has 0 saturated carbocycles. The second kappa shape index (κ2) is 6.07. The van der Waals surface area contributed by atoms with Crippen LogP contribution in [-0.4, -0.2) is 37.7 Å². The minimum atomic E-state index is -3.21. The first-order valence-corrected chi connectivity index (χ1v) is 9.38. The summed E-state index contributed by atoms with van der Waals surface area (Å²) in [4.78, 5) is 0. The largest absolute Gasteiger partial charge is 0.378 e. The van der Waals surface area contributed by atoms with Crippen molar-refractivity contribution in [2.75, 3.05) is 18.9 Å². The molecule has 2 aliphatic rings. The highest BCUT2D eigenvalue weighted by atomic mass is 32.2. The van der Waals surface area contributed by atoms with E-state index in [9.17, 15) is 8.42 Å². The normalized spacial score (nSPS) is 26.7. The number of nitrogens with zero attached hydrogens (tertiary/aromatic N) is 1. The third-order valence-electron chi connectivity index (χ3n) is 4.62. The van der Waals surface area contributed by atoms with E-state index in [0.717, 1.165) is 31.4 Å². The van der Waals surface area contributed by atoms with E-state index in [1.54, 1.807) is 4.31 Å². The first-order valence-electron chi connectivity index (χ1n) is 7.77. The Hall–Kier alpha value is -0.910. The van der Waals surface area contributed by atoms with Gasteiger partial charge in [-0.15, -0.1) is 0 Å². The molecule has 4 nitrogen and oxygen atoms in total. The van der Waals surface area contributed by atoms with Crippen LogP contribution in [0.5, 0.6) is 0 Å². The molecule has 2 heterocycles. The zero-order chi connectivity index (χ0) is 14.9. The highest BCUT2D eigenvalue weighted by Gasteiger charge is 2.33. The molecule has 0 bridgehead atoms. The Labute approximate surface area is 127 Å². The van der Waals surface area contributed by atoms with Crippen molar-refractivity contribution in [2.45, 2.75) is 44.8 Å². The van der Waals surface area contributed by atoms with Gasteiger partial charge < -0.3 is 4.74 Å². The van der Waals surface area contributed by atoms with Gasteiger partial charge in [0.1, 0.15) is 0 Å². The number of rotatable bonds is 4. The number of ether oxygens (including phenoxy) is 1. The molecule has 116 valence electrons. The number of benzene rings is 1. The van der Waals surface area contributed by atoms with Crippen LogP contribution < -0.4 is 0 Å². The van der Waals surface area contributed by atoms with Crippen molar-refractivity contribution in [1.29, 1.82) is 0 Å². The highest BCUT2D eigenvalue weighted by molar-refractivity contribution is 7.89. The first-order chi connectivity index (χ1) is 10.1. The lowest BCUT2D eigenvalue weighted by Gasteiger charge is -2.34. The van der Waals surface area contributed by atoms with Gasteiger partial charge in [0.15, 0.2) is 0 Å². The molecule has 1 aromatic rings. The van der Waals surface area contributed by atoms with Crippen LogP contribution >= 0.6 is 0 Å². The van der Waals surface area contributed by atoms with Crippen molar-refractivity contribution in [1.82, 2.24) is 4.31 Å². The summed E-state index contributed by atoms with van der Waals surface area (Å²) >= 11 is 0. The van der Waals surface area contributed by atoms with Crippen LogP contribution in [0.25, 0.3) is 0 Å². The summed E-state index contributed by atoms with van der Waals surface area (Å²) in [6.45, 7) is 3.35. The average Bonchev–Trinajstić information content (AvgIpc) is 2.99. The number of sulfonamides is 1. The minimum absolute atomic E-state index is 0.0653. The Balaban J connectivity index is 1.71. The molecule has 0 N–H and O–H groups in total. The van der Waals surface area contributed by atoms with Gasteiger partial charge in [-0.05, 0) is 43.7 Å². The topological polar surface area (TPSA) is 46.6 Å². The minimum Gasteiger partial charge on any atom is -0.378 e. The lowest BCUT2D eigenvalue weighted by Crippen LogP contribution is -2.40. The third-order valence-corrected chi connectivity index (χ3v) is 6.58. The Bertz CT molecular complexity index is 593. The Morgan fingerprint density at radius 1 is 1.33 bits per heavy atom. The van der Waals surface area contributed by atoms with Crippen molar-refractivity contribution < 1.29 is 13.2 Å². The smallest absolute Gasteiger partial charge is 0.214 e. The maximum atomic E-state index is 12.6. The molecule has 1 fully saturated rings. The predicted molar refractivity (Wildman–Crippen MR) is 82.6 cm³/mol. The first kappa shape index (κ1) is 15.0. The van der Waals surface area contributed by atoms with Crippen molar-refractivity contribution in [3.63, 3.8) is 0 Å². The van der Waals surface area contributed by atoms with E-state index in [1.165, 1.54) is 5.56 Å². The van der Waals surface area contributed by atoms with E-state index < -0.39 is 10.0 Å². The van der Waals surface area contributed by atoms with Crippen LogP contribution in [0.3, 0.4) is 0 Å².